The predicted octanol–water partition coefficient (Wildman–Crippen LogP) is 9.25. The number of aromatic nitrogens is 5. The molecular formula is C39H38Cl2F3N7O3. The molecule has 2 fully saturated rings. The Morgan fingerprint density at radius 3 is 1.80 bits per heavy atom. The number of nitrogens with zero attached hydrogens (tertiary/aromatic N) is 5. The van der Waals surface area contributed by atoms with Crippen LogP contribution >= 0.6 is 23.2 Å². The van der Waals surface area contributed by atoms with Gasteiger partial charge in [0.05, 0.1) is 11.4 Å². The van der Waals surface area contributed by atoms with Crippen LogP contribution in [0.3, 0.4) is 0 Å². The van der Waals surface area contributed by atoms with E-state index in [-0.39, 0.29) is 11.5 Å². The van der Waals surface area contributed by atoms with E-state index in [1.807, 2.05) is 44.2 Å². The molecule has 7 rings (SSSR count). The van der Waals surface area contributed by atoms with Crippen molar-refractivity contribution < 1.29 is 27.4 Å². The Labute approximate surface area is 320 Å². The van der Waals surface area contributed by atoms with Crippen LogP contribution < -0.4 is 11.1 Å². The Morgan fingerprint density at radius 2 is 1.26 bits per heavy atom. The fourth-order valence-electron chi connectivity index (χ4n) is 6.46. The molecule has 0 aliphatic carbocycles. The normalized spacial score (nSPS) is 15.3. The molecule has 5 aromatic rings. The quantitative estimate of drug-likeness (QED) is 0.162. The summed E-state index contributed by atoms with van der Waals surface area (Å²) in [5, 5.41) is 20.2. The molecular weight excluding hydrogens is 742 g/mol. The molecule has 0 saturated carbocycles. The van der Waals surface area contributed by atoms with E-state index in [1.54, 1.807) is 18.2 Å². The molecule has 2 saturated heterocycles. The van der Waals surface area contributed by atoms with Gasteiger partial charge in [0, 0.05) is 60.7 Å². The summed E-state index contributed by atoms with van der Waals surface area (Å²) in [5.41, 5.74) is 12.9. The number of halogens is 5. The molecule has 0 unspecified atom stereocenters. The molecule has 54 heavy (non-hydrogen) atoms. The van der Waals surface area contributed by atoms with Gasteiger partial charge in [-0.05, 0) is 122 Å². The molecule has 1 amide bonds. The average Bonchev–Trinajstić information content (AvgIpc) is 3.18. The number of alkyl halides is 3. The first-order valence-corrected chi connectivity index (χ1v) is 18.2. The van der Waals surface area contributed by atoms with Gasteiger partial charge in [0.15, 0.2) is 10.3 Å². The van der Waals surface area contributed by atoms with Crippen molar-refractivity contribution in [3.05, 3.63) is 111 Å². The number of anilines is 2. The van der Waals surface area contributed by atoms with E-state index >= 15 is 0 Å². The van der Waals surface area contributed by atoms with Crippen LogP contribution in [0.1, 0.15) is 75.8 Å². The second-order valence-electron chi connectivity index (χ2n) is 13.2. The highest BCUT2D eigenvalue weighted by molar-refractivity contribution is 6.30. The molecule has 2 aromatic carbocycles. The summed E-state index contributed by atoms with van der Waals surface area (Å²) in [6.45, 7) is 6.80. The number of pyridine rings is 1. The molecule has 3 N–H and O–H groups in total. The van der Waals surface area contributed by atoms with E-state index in [2.05, 4.69) is 30.7 Å². The van der Waals surface area contributed by atoms with Crippen LogP contribution in [0.5, 0.6) is 0 Å². The third kappa shape index (κ3) is 9.51. The van der Waals surface area contributed by atoms with E-state index < -0.39 is 17.8 Å². The third-order valence-electron chi connectivity index (χ3n) is 9.50. The molecule has 0 atom stereocenters. The van der Waals surface area contributed by atoms with Gasteiger partial charge in [-0.15, -0.1) is 20.4 Å². The van der Waals surface area contributed by atoms with Gasteiger partial charge in [0.2, 0.25) is 0 Å². The van der Waals surface area contributed by atoms with Gasteiger partial charge < -0.3 is 20.5 Å². The summed E-state index contributed by atoms with van der Waals surface area (Å²) in [7, 11) is 0. The number of rotatable bonds is 6. The second-order valence-corrected chi connectivity index (χ2v) is 13.9. The lowest BCUT2D eigenvalue weighted by Crippen LogP contribution is -2.15. The van der Waals surface area contributed by atoms with Crippen LogP contribution in [-0.2, 0) is 15.7 Å². The first-order valence-electron chi connectivity index (χ1n) is 17.4. The van der Waals surface area contributed by atoms with Gasteiger partial charge in [0.25, 0.3) is 5.91 Å². The Kier molecular flexibility index (Phi) is 12.4. The van der Waals surface area contributed by atoms with Gasteiger partial charge in [-0.2, -0.15) is 13.2 Å². The summed E-state index contributed by atoms with van der Waals surface area (Å²) in [4.78, 5) is 15.8. The van der Waals surface area contributed by atoms with E-state index in [0.29, 0.717) is 40.8 Å². The minimum absolute atomic E-state index is 0.146. The Hall–Kier alpha value is -4.69. The highest BCUT2D eigenvalue weighted by atomic mass is 35.5. The molecule has 0 radical (unpaired) electrons. The average molecular weight is 781 g/mol. The summed E-state index contributed by atoms with van der Waals surface area (Å²) in [6, 6.07) is 16.9. The molecule has 2 aliphatic heterocycles. The number of amides is 1. The zero-order valence-electron chi connectivity index (χ0n) is 29.6. The Balaban J connectivity index is 0.000000203. The van der Waals surface area contributed by atoms with Gasteiger partial charge in [-0.1, -0.05) is 35.3 Å². The number of carbonyl (C=O) groups is 1. The van der Waals surface area contributed by atoms with Crippen molar-refractivity contribution in [3.63, 3.8) is 0 Å². The Bertz CT molecular complexity index is 2120. The monoisotopic (exact) mass is 779 g/mol. The molecule has 0 bridgehead atoms. The van der Waals surface area contributed by atoms with Crippen molar-refractivity contribution in [1.29, 1.82) is 0 Å². The zero-order valence-corrected chi connectivity index (χ0v) is 31.1. The number of benzene rings is 2. The standard InChI is InChI=1S/C23H20ClF3N4O2.C16H18ClN3O/c1-13-2-3-16(29-22(32)15-4-7-28-20(10-15)23(25,26)27)11-17(13)19-12-18(21(24)31-30-19)14-5-8-33-9-6-14;1-10-2-3-12(18)8-13(10)15-9-14(16(17)20-19-15)11-4-6-21-7-5-11/h2-4,7,10-12,14H,5-6,8-9H2,1H3,(H,29,32);2-3,8-9,11H,4-7,18H2,1H3. The highest BCUT2D eigenvalue weighted by Crippen LogP contribution is 2.36. The minimum Gasteiger partial charge on any atom is -0.399 e. The maximum atomic E-state index is 12.9. The van der Waals surface area contributed by atoms with Crippen LogP contribution in [-0.4, -0.2) is 57.7 Å². The number of nitrogens with one attached hydrogen (secondary N) is 1. The van der Waals surface area contributed by atoms with Gasteiger partial charge in [0.1, 0.15) is 5.69 Å². The van der Waals surface area contributed by atoms with Crippen molar-refractivity contribution >= 4 is 40.5 Å². The summed E-state index contributed by atoms with van der Waals surface area (Å²) in [6.07, 6.45) is -0.0543. The van der Waals surface area contributed by atoms with Crippen molar-refractivity contribution in [3.8, 4) is 22.5 Å². The number of hydrogen-bond acceptors (Lipinski definition) is 9. The van der Waals surface area contributed by atoms with Crippen LogP contribution in [0.2, 0.25) is 10.3 Å². The van der Waals surface area contributed by atoms with Crippen LogP contribution in [0.4, 0.5) is 24.5 Å². The van der Waals surface area contributed by atoms with Crippen molar-refractivity contribution in [2.75, 3.05) is 37.5 Å². The molecule has 5 heterocycles. The van der Waals surface area contributed by atoms with Crippen LogP contribution in [0, 0.1) is 13.8 Å². The number of nitrogen functional groups attached to an aromatic ring is 1. The lowest BCUT2D eigenvalue weighted by molar-refractivity contribution is -0.141. The predicted molar refractivity (Wildman–Crippen MR) is 202 cm³/mol. The molecule has 282 valence electrons. The van der Waals surface area contributed by atoms with Gasteiger partial charge in [-0.3, -0.25) is 9.78 Å². The smallest absolute Gasteiger partial charge is 0.399 e. The molecule has 2 aliphatic rings. The SMILES string of the molecule is Cc1ccc(N)cc1-c1cc(C2CCOCC2)c(Cl)nn1.Cc1ccc(NC(=O)c2ccnc(C(F)(F)F)c2)cc1-c1cc(C2CCOCC2)c(Cl)nn1. The summed E-state index contributed by atoms with van der Waals surface area (Å²) >= 11 is 12.6. The molecule has 0 spiro atoms. The fourth-order valence-corrected chi connectivity index (χ4v) is 6.95. The van der Waals surface area contributed by atoms with E-state index in [9.17, 15) is 18.0 Å². The minimum atomic E-state index is -4.64. The van der Waals surface area contributed by atoms with E-state index in [0.717, 1.165) is 95.9 Å². The zero-order chi connectivity index (χ0) is 38.4. The number of nitrogens with two attached hydrogens (primary N) is 1. The number of hydrogen-bond donors (Lipinski definition) is 2. The largest absolute Gasteiger partial charge is 0.433 e. The fraction of sp³-hybridized carbons (Fsp3) is 0.333. The highest BCUT2D eigenvalue weighted by Gasteiger charge is 2.33. The number of carbonyl (C=O) groups excluding carboxylic acids is 1. The first kappa shape index (κ1) is 39.0. The van der Waals surface area contributed by atoms with E-state index in [1.165, 1.54) is 6.07 Å². The maximum Gasteiger partial charge on any atom is 0.433 e. The summed E-state index contributed by atoms with van der Waals surface area (Å²) in [5.74, 6) is -0.0668. The van der Waals surface area contributed by atoms with Crippen molar-refractivity contribution in [1.82, 2.24) is 25.4 Å². The summed E-state index contributed by atoms with van der Waals surface area (Å²) < 4.78 is 49.6. The number of aryl methyl sites for hydroxylation is 2. The maximum absolute atomic E-state index is 12.9. The van der Waals surface area contributed by atoms with Crippen LogP contribution in [0.25, 0.3) is 22.5 Å². The van der Waals surface area contributed by atoms with Gasteiger partial charge in [-0.25, -0.2) is 0 Å². The molecule has 3 aromatic heterocycles. The lowest BCUT2D eigenvalue weighted by Gasteiger charge is -2.23. The molecule has 15 heteroatoms. The van der Waals surface area contributed by atoms with Crippen molar-refractivity contribution in [2.45, 2.75) is 57.5 Å². The lowest BCUT2D eigenvalue weighted by atomic mass is 9.92. The first-order chi connectivity index (χ1) is 25.9. The molecule has 10 nitrogen and oxygen atoms in total. The number of ether oxygens (including phenoxy) is 2. The second kappa shape index (κ2) is 17.2. The third-order valence-corrected chi connectivity index (χ3v) is 10.1. The van der Waals surface area contributed by atoms with Crippen LogP contribution in [0.15, 0.2) is 66.9 Å². The topological polar surface area (TPSA) is 138 Å². The van der Waals surface area contributed by atoms with Crippen molar-refractivity contribution in [2.24, 2.45) is 0 Å². The van der Waals surface area contributed by atoms with Gasteiger partial charge >= 0.3 is 6.18 Å². The Morgan fingerprint density at radius 1 is 0.741 bits per heavy atom. The van der Waals surface area contributed by atoms with E-state index in [4.69, 9.17) is 38.4 Å².